The molecule has 284 valence electrons. The molecule has 5 aromatic rings. The van der Waals surface area contributed by atoms with Gasteiger partial charge in [0.05, 0.1) is 26.3 Å². The van der Waals surface area contributed by atoms with Crippen molar-refractivity contribution in [3.8, 4) is 11.5 Å². The quantitative estimate of drug-likeness (QED) is 0.139. The van der Waals surface area contributed by atoms with Crippen molar-refractivity contribution >= 4 is 17.8 Å². The minimum absolute atomic E-state index is 0.165. The van der Waals surface area contributed by atoms with Crippen molar-refractivity contribution in [2.24, 2.45) is 0 Å². The second kappa shape index (κ2) is 16.3. The van der Waals surface area contributed by atoms with Crippen molar-refractivity contribution in [2.75, 3.05) is 19.5 Å². The Balaban J connectivity index is 1.32. The Bertz CT molecular complexity index is 2070. The van der Waals surface area contributed by atoms with Crippen LogP contribution in [0.3, 0.4) is 0 Å². The van der Waals surface area contributed by atoms with Gasteiger partial charge >= 0.3 is 6.03 Å². The summed E-state index contributed by atoms with van der Waals surface area (Å²) in [5, 5.41) is 2.90. The third-order valence-corrected chi connectivity index (χ3v) is 10.2. The molecule has 0 bridgehead atoms. The molecule has 55 heavy (non-hydrogen) atoms. The zero-order chi connectivity index (χ0) is 38.5. The summed E-state index contributed by atoms with van der Waals surface area (Å²) in [4.78, 5) is 37.2. The number of hydrogen-bond acceptors (Lipinski definition) is 7. The fourth-order valence-electron chi connectivity index (χ4n) is 7.64. The fourth-order valence-corrected chi connectivity index (χ4v) is 7.64. The lowest BCUT2D eigenvalue weighted by Crippen LogP contribution is -2.51. The molecule has 0 spiro atoms. The molecule has 0 saturated carbocycles. The second-order valence-electron chi connectivity index (χ2n) is 14.7. The van der Waals surface area contributed by atoms with E-state index in [2.05, 4.69) is 34.6 Å². The van der Waals surface area contributed by atoms with Crippen molar-refractivity contribution in [3.63, 3.8) is 0 Å². The van der Waals surface area contributed by atoms with Crippen LogP contribution in [0.1, 0.15) is 52.0 Å². The molecule has 4 aromatic carbocycles. The number of nitrogens with zero attached hydrogens (tertiary/aromatic N) is 3. The van der Waals surface area contributed by atoms with Crippen molar-refractivity contribution in [1.29, 1.82) is 0 Å². The maximum Gasteiger partial charge on any atom is 0.321 e. The molecule has 0 aliphatic carbocycles. The van der Waals surface area contributed by atoms with E-state index in [0.29, 0.717) is 35.7 Å². The SMILES string of the molecule is COc1cc(CN2C(=O)N(Cc3cccc(C(=O)Nc4ccc(C)cn4)c3)[C@H](Cc3ccccc3)[C@@H]3OC(C)(C)O[C@H]3[C@H]2Cc2ccccc2)cc(OC)c1. The van der Waals surface area contributed by atoms with Gasteiger partial charge in [-0.15, -0.1) is 0 Å². The van der Waals surface area contributed by atoms with Gasteiger partial charge in [-0.3, -0.25) is 4.79 Å². The zero-order valence-corrected chi connectivity index (χ0v) is 32.0. The summed E-state index contributed by atoms with van der Waals surface area (Å²) in [5.41, 5.74) is 5.26. The van der Waals surface area contributed by atoms with Crippen LogP contribution >= 0.6 is 0 Å². The summed E-state index contributed by atoms with van der Waals surface area (Å²) in [5.74, 6) is 0.536. The maximum absolute atomic E-state index is 15.5. The number of amides is 3. The van der Waals surface area contributed by atoms with E-state index in [1.165, 1.54) is 0 Å². The Morgan fingerprint density at radius 3 is 1.78 bits per heavy atom. The Hall–Kier alpha value is -5.71. The van der Waals surface area contributed by atoms with E-state index < -0.39 is 30.1 Å². The average Bonchev–Trinajstić information content (AvgIpc) is 3.50. The third-order valence-electron chi connectivity index (χ3n) is 10.2. The van der Waals surface area contributed by atoms with Crippen LogP contribution in [0.4, 0.5) is 10.6 Å². The summed E-state index contributed by atoms with van der Waals surface area (Å²) in [6, 6.07) is 36.2. The molecule has 2 fully saturated rings. The Kier molecular flexibility index (Phi) is 11.2. The monoisotopic (exact) mass is 740 g/mol. The van der Waals surface area contributed by atoms with Gasteiger partial charge in [-0.2, -0.15) is 0 Å². The topological polar surface area (TPSA) is 102 Å². The molecule has 0 unspecified atom stereocenters. The van der Waals surface area contributed by atoms with Crippen molar-refractivity contribution in [1.82, 2.24) is 14.8 Å². The van der Waals surface area contributed by atoms with E-state index >= 15 is 4.79 Å². The summed E-state index contributed by atoms with van der Waals surface area (Å²) in [7, 11) is 3.23. The van der Waals surface area contributed by atoms with Gasteiger partial charge in [0.15, 0.2) is 5.79 Å². The molecule has 2 aliphatic heterocycles. The number of benzene rings is 4. The first kappa shape index (κ1) is 37.6. The van der Waals surface area contributed by atoms with Crippen LogP contribution in [0.2, 0.25) is 0 Å². The first-order valence-electron chi connectivity index (χ1n) is 18.6. The highest BCUT2D eigenvalue weighted by molar-refractivity contribution is 6.03. The van der Waals surface area contributed by atoms with Crippen LogP contribution in [-0.2, 0) is 35.4 Å². The molecule has 0 radical (unpaired) electrons. The van der Waals surface area contributed by atoms with Gasteiger partial charge in [0.25, 0.3) is 5.91 Å². The molecule has 4 atom stereocenters. The number of methoxy groups -OCH3 is 2. The number of carbonyl (C=O) groups is 2. The molecule has 10 heteroatoms. The lowest BCUT2D eigenvalue weighted by Gasteiger charge is -2.37. The highest BCUT2D eigenvalue weighted by atomic mass is 16.8. The van der Waals surface area contributed by atoms with Crippen molar-refractivity contribution < 1.29 is 28.5 Å². The number of rotatable bonds is 12. The van der Waals surface area contributed by atoms with Crippen LogP contribution in [0.15, 0.2) is 121 Å². The summed E-state index contributed by atoms with van der Waals surface area (Å²) in [6.45, 7) is 6.31. The lowest BCUT2D eigenvalue weighted by atomic mass is 9.91. The molecule has 1 aromatic heterocycles. The molecule has 1 N–H and O–H groups in total. The van der Waals surface area contributed by atoms with Gasteiger partial charge in [0, 0.05) is 30.9 Å². The van der Waals surface area contributed by atoms with Crippen LogP contribution in [0.5, 0.6) is 11.5 Å². The standard InChI is InChI=1S/C45H48N4O6/c1-30-19-20-40(46-27-30)47-43(50)35-18-12-17-33(21-35)28-48-38(24-31-13-8-6-9-14-31)41-42(55-45(2,3)54-41)39(25-32-15-10-7-11-16-32)49(44(48)51)29-34-22-36(52-4)26-37(23-34)53-5/h6-23,26-27,38-39,41-42H,24-25,28-29H2,1-5H3,(H,46,47,50)/t38-,39-,41+,42+/m1/s1. The molecular weight excluding hydrogens is 693 g/mol. The lowest BCUT2D eigenvalue weighted by molar-refractivity contribution is -0.157. The molecule has 10 nitrogen and oxygen atoms in total. The highest BCUT2D eigenvalue weighted by Gasteiger charge is 2.55. The van der Waals surface area contributed by atoms with Crippen LogP contribution in [0, 0.1) is 6.92 Å². The first-order valence-corrected chi connectivity index (χ1v) is 18.6. The second-order valence-corrected chi connectivity index (χ2v) is 14.7. The number of anilines is 1. The number of hydrogen-bond donors (Lipinski definition) is 1. The van der Waals surface area contributed by atoms with E-state index in [0.717, 1.165) is 27.8 Å². The number of fused-ring (bicyclic) bond motifs is 1. The number of aromatic nitrogens is 1. The Morgan fingerprint density at radius 1 is 0.709 bits per heavy atom. The Morgan fingerprint density at radius 2 is 1.25 bits per heavy atom. The summed E-state index contributed by atoms with van der Waals surface area (Å²) >= 11 is 0. The third kappa shape index (κ3) is 8.82. The van der Waals surface area contributed by atoms with Gasteiger partial charge in [0.2, 0.25) is 0 Å². The van der Waals surface area contributed by atoms with Gasteiger partial charge in [-0.1, -0.05) is 78.9 Å². The molecule has 2 aliphatic rings. The fraction of sp³-hybridized carbons (Fsp3) is 0.311. The first-order chi connectivity index (χ1) is 26.6. The number of ether oxygens (including phenoxy) is 4. The van der Waals surface area contributed by atoms with Gasteiger partial charge in [-0.05, 0) is 91.8 Å². The molecule has 3 heterocycles. The van der Waals surface area contributed by atoms with Crippen LogP contribution in [0.25, 0.3) is 0 Å². The van der Waals surface area contributed by atoms with E-state index in [1.54, 1.807) is 32.5 Å². The number of urea groups is 1. The number of pyridine rings is 1. The highest BCUT2D eigenvalue weighted by Crippen LogP contribution is 2.41. The van der Waals surface area contributed by atoms with Crippen LogP contribution < -0.4 is 14.8 Å². The number of carbonyl (C=O) groups excluding carboxylic acids is 2. The normalized spacial score (nSPS) is 20.4. The summed E-state index contributed by atoms with van der Waals surface area (Å²) < 4.78 is 25.0. The average molecular weight is 741 g/mol. The maximum atomic E-state index is 15.5. The largest absolute Gasteiger partial charge is 0.497 e. The van der Waals surface area contributed by atoms with E-state index in [1.807, 2.05) is 109 Å². The molecule has 3 amide bonds. The summed E-state index contributed by atoms with van der Waals surface area (Å²) in [6.07, 6.45) is 1.85. The molecule has 7 rings (SSSR count). The van der Waals surface area contributed by atoms with E-state index in [9.17, 15) is 4.79 Å². The predicted octanol–water partition coefficient (Wildman–Crippen LogP) is 7.84. The van der Waals surface area contributed by atoms with E-state index in [4.69, 9.17) is 18.9 Å². The van der Waals surface area contributed by atoms with Gasteiger partial charge < -0.3 is 34.1 Å². The number of aryl methyl sites for hydroxylation is 1. The van der Waals surface area contributed by atoms with Gasteiger partial charge in [-0.25, -0.2) is 9.78 Å². The van der Waals surface area contributed by atoms with Gasteiger partial charge in [0.1, 0.15) is 29.5 Å². The van der Waals surface area contributed by atoms with Crippen molar-refractivity contribution in [3.05, 3.63) is 155 Å². The minimum atomic E-state index is -0.905. The molecular formula is C45H48N4O6. The Labute approximate surface area is 323 Å². The van der Waals surface area contributed by atoms with Crippen LogP contribution in [-0.4, -0.2) is 71.0 Å². The smallest absolute Gasteiger partial charge is 0.321 e. The predicted molar refractivity (Wildman–Crippen MR) is 211 cm³/mol. The minimum Gasteiger partial charge on any atom is -0.497 e. The molecule has 2 saturated heterocycles. The van der Waals surface area contributed by atoms with E-state index in [-0.39, 0.29) is 25.0 Å². The van der Waals surface area contributed by atoms with Crippen molar-refractivity contribution in [2.45, 2.75) is 76.8 Å². The number of nitrogens with one attached hydrogen (secondary N) is 1. The zero-order valence-electron chi connectivity index (χ0n) is 32.0.